The fourth-order valence-corrected chi connectivity index (χ4v) is 13.2. The number of amides is 4. The number of carbonyl (C=O) groups is 6. The summed E-state index contributed by atoms with van der Waals surface area (Å²) in [6, 6.07) is 28.9. The molecule has 2 aliphatic heterocycles. The summed E-state index contributed by atoms with van der Waals surface area (Å²) in [4.78, 5) is 85.8. The highest BCUT2D eigenvalue weighted by Crippen LogP contribution is 2.42. The predicted molar refractivity (Wildman–Crippen MR) is 318 cm³/mol. The van der Waals surface area contributed by atoms with E-state index in [0.717, 1.165) is 38.5 Å². The zero-order chi connectivity index (χ0) is 58.0. The van der Waals surface area contributed by atoms with E-state index in [1.54, 1.807) is 71.2 Å². The van der Waals surface area contributed by atoms with Crippen LogP contribution in [0.5, 0.6) is 11.5 Å². The lowest BCUT2D eigenvalue weighted by Gasteiger charge is -2.32. The third-order valence-electron chi connectivity index (χ3n) is 14.7. The average molecular weight is 1160 g/mol. The molecule has 0 spiro atoms. The number of carbonyl (C=O) groups excluding carboxylic acids is 6. The van der Waals surface area contributed by atoms with Crippen LogP contribution in [0.3, 0.4) is 0 Å². The lowest BCUT2D eigenvalue weighted by Crippen LogP contribution is -2.39. The van der Waals surface area contributed by atoms with Crippen molar-refractivity contribution in [3.63, 3.8) is 0 Å². The van der Waals surface area contributed by atoms with E-state index in [-0.39, 0.29) is 22.9 Å². The smallest absolute Gasteiger partial charge is 0.294 e. The Bertz CT molecular complexity index is 3510. The Kier molecular flexibility index (Phi) is 19.5. The molecule has 4 amide bonds. The highest BCUT2D eigenvalue weighted by atomic mass is 32.1. The number of ether oxygens (including phenoxy) is 2. The van der Waals surface area contributed by atoms with Gasteiger partial charge in [-0.1, -0.05) is 36.4 Å². The molecule has 0 atom stereocenters. The molecule has 4 aromatic heterocycles. The average Bonchev–Trinajstić information content (AvgIpc) is 4.38. The molecular formula is C60H67N8O10PS2. The van der Waals surface area contributed by atoms with Gasteiger partial charge in [-0.3, -0.25) is 38.0 Å². The SMILES string of the molecule is COc1cc2[nH]cc(C(=O)C(=O)N(C)C)c2cc1C(=O)N1CCC(Cc2ccsc2)CC1.COc1cc2c(cc1C(=O)N1CCC(Cc3ccsc3)CC1)c(C(=O)C(=O)N(C)C)cn2N.NOP(=O)(c1ccccc1)c1ccccc1. The van der Waals surface area contributed by atoms with Crippen molar-refractivity contribution in [2.45, 2.75) is 38.5 Å². The topological polar surface area (TPSA) is 233 Å². The van der Waals surface area contributed by atoms with Gasteiger partial charge >= 0.3 is 0 Å². The first-order valence-electron chi connectivity index (χ1n) is 26.4. The van der Waals surface area contributed by atoms with Gasteiger partial charge in [0.1, 0.15) is 11.5 Å². The second kappa shape index (κ2) is 26.6. The van der Waals surface area contributed by atoms with Gasteiger partial charge in [-0.15, -0.1) is 0 Å². The first kappa shape index (κ1) is 59.3. The molecule has 0 radical (unpaired) electrons. The Balaban J connectivity index is 0.000000169. The lowest BCUT2D eigenvalue weighted by atomic mass is 9.91. The first-order valence-corrected chi connectivity index (χ1v) is 29.9. The van der Waals surface area contributed by atoms with Crippen molar-refractivity contribution >= 4 is 97.7 Å². The van der Waals surface area contributed by atoms with Gasteiger partial charge in [-0.2, -0.15) is 22.7 Å². The van der Waals surface area contributed by atoms with Gasteiger partial charge in [0.2, 0.25) is 0 Å². The number of aromatic nitrogens is 2. The molecule has 18 nitrogen and oxygen atoms in total. The fourth-order valence-electron chi connectivity index (χ4n) is 10.1. The van der Waals surface area contributed by atoms with Crippen LogP contribution in [-0.4, -0.2) is 133 Å². The van der Waals surface area contributed by atoms with Gasteiger partial charge in [-0.05, 0) is 132 Å². The van der Waals surface area contributed by atoms with E-state index in [9.17, 15) is 33.3 Å². The molecule has 8 aromatic rings. The number of nitrogens with zero attached hydrogens (tertiary/aromatic N) is 5. The van der Waals surface area contributed by atoms with Crippen molar-refractivity contribution in [1.29, 1.82) is 0 Å². The summed E-state index contributed by atoms with van der Waals surface area (Å²) in [5.74, 6) is 10.4. The number of nitrogen functional groups attached to an aromatic ring is 1. The van der Waals surface area contributed by atoms with Crippen molar-refractivity contribution in [2.75, 3.05) is 74.4 Å². The minimum atomic E-state index is -3.13. The Morgan fingerprint density at radius 3 is 1.48 bits per heavy atom. The first-order chi connectivity index (χ1) is 39.0. The lowest BCUT2D eigenvalue weighted by molar-refractivity contribution is -0.124. The highest BCUT2D eigenvalue weighted by molar-refractivity contribution is 7.74. The monoisotopic (exact) mass is 1150 g/mol. The molecule has 424 valence electrons. The molecule has 10 rings (SSSR count). The van der Waals surface area contributed by atoms with Gasteiger partial charge in [0.25, 0.3) is 42.6 Å². The number of Topliss-reactive ketones (excluding diaryl/α,β-unsaturated/α-hetero) is 2. The van der Waals surface area contributed by atoms with E-state index in [1.165, 1.54) is 80.4 Å². The van der Waals surface area contributed by atoms with Crippen LogP contribution in [0.25, 0.3) is 21.8 Å². The summed E-state index contributed by atoms with van der Waals surface area (Å²) in [5.41, 5.74) is 5.05. The van der Waals surface area contributed by atoms with Crippen LogP contribution < -0.4 is 31.8 Å². The second-order valence-electron chi connectivity index (χ2n) is 20.3. The third kappa shape index (κ3) is 13.5. The molecule has 5 N–H and O–H groups in total. The van der Waals surface area contributed by atoms with E-state index in [1.807, 2.05) is 46.2 Å². The number of thiophene rings is 2. The molecule has 0 aliphatic carbocycles. The van der Waals surface area contributed by atoms with E-state index >= 15 is 0 Å². The van der Waals surface area contributed by atoms with Crippen molar-refractivity contribution in [3.05, 3.63) is 164 Å². The van der Waals surface area contributed by atoms with E-state index < -0.39 is 30.7 Å². The third-order valence-corrected chi connectivity index (χ3v) is 18.4. The normalized spacial score (nSPS) is 13.9. The molecule has 0 unspecified atom stereocenters. The number of hydrogen-bond donors (Lipinski definition) is 3. The van der Waals surface area contributed by atoms with Crippen LogP contribution >= 0.6 is 30.0 Å². The minimum Gasteiger partial charge on any atom is -0.496 e. The number of aromatic amines is 1. The number of nitrogens with one attached hydrogen (secondary N) is 1. The Hall–Kier alpha value is -7.87. The Morgan fingerprint density at radius 2 is 1.06 bits per heavy atom. The highest BCUT2D eigenvalue weighted by Gasteiger charge is 2.32. The van der Waals surface area contributed by atoms with Crippen molar-refractivity contribution < 1.29 is 47.4 Å². The van der Waals surface area contributed by atoms with Crippen molar-refractivity contribution in [1.82, 2.24) is 29.3 Å². The number of piperidine rings is 2. The van der Waals surface area contributed by atoms with Gasteiger partial charge in [0.05, 0.1) is 42.0 Å². The Morgan fingerprint density at radius 1 is 0.617 bits per heavy atom. The molecule has 0 saturated carbocycles. The number of likely N-dealkylation sites (N-methyl/N-ethyl adjacent to an activating group) is 2. The van der Waals surface area contributed by atoms with Crippen LogP contribution in [0.15, 0.2) is 131 Å². The van der Waals surface area contributed by atoms with Crippen LogP contribution in [0.1, 0.15) is 78.2 Å². The van der Waals surface area contributed by atoms with Gasteiger partial charge in [-0.25, -0.2) is 10.5 Å². The van der Waals surface area contributed by atoms with Gasteiger partial charge in [0, 0.05) is 106 Å². The molecule has 2 fully saturated rings. The van der Waals surface area contributed by atoms with Crippen LogP contribution in [0.2, 0.25) is 0 Å². The number of likely N-dealkylation sites (tertiary alicyclic amines) is 2. The molecular weight excluding hydrogens is 1090 g/mol. The molecule has 2 saturated heterocycles. The second-order valence-corrected chi connectivity index (χ2v) is 24.3. The number of benzene rings is 4. The molecule has 6 heterocycles. The minimum absolute atomic E-state index is 0.115. The zero-order valence-corrected chi connectivity index (χ0v) is 48.7. The largest absolute Gasteiger partial charge is 0.496 e. The molecule has 0 bridgehead atoms. The summed E-state index contributed by atoms with van der Waals surface area (Å²) in [6.45, 7) is 2.70. The number of rotatable bonds is 15. The quantitative estimate of drug-likeness (QED) is 0.0290. The fraction of sp³-hybridized carbons (Fsp3) is 0.300. The maximum absolute atomic E-state index is 13.4. The van der Waals surface area contributed by atoms with E-state index in [4.69, 9.17) is 25.8 Å². The number of methoxy groups -OCH3 is 2. The number of hydrogen-bond acceptors (Lipinski definition) is 14. The van der Waals surface area contributed by atoms with Crippen LogP contribution in [0.4, 0.5) is 0 Å². The maximum atomic E-state index is 13.4. The number of ketones is 2. The molecule has 4 aromatic carbocycles. The van der Waals surface area contributed by atoms with E-state index in [0.29, 0.717) is 93.1 Å². The van der Waals surface area contributed by atoms with Crippen molar-refractivity contribution in [3.8, 4) is 11.5 Å². The molecule has 2 aliphatic rings. The summed E-state index contributed by atoms with van der Waals surface area (Å²) in [7, 11) is 6.00. The number of nitrogens with two attached hydrogens (primary N) is 2. The zero-order valence-electron chi connectivity index (χ0n) is 46.2. The van der Waals surface area contributed by atoms with E-state index in [2.05, 4.69) is 38.6 Å². The standard InChI is InChI=1S/C24H28N4O4S.C24H27N3O4S.C12H12NO2P/c1-26(2)24(31)22(29)19-13-28(25)20-12-21(32-3)18(11-17(19)20)23(30)27-7-4-15(5-8-27)10-16-6-9-33-14-16;1-26(2)24(30)22(28)19-13-25-20-12-21(31-3)18(11-17(19)20)23(29)27-7-4-15(5-8-27)10-16-6-9-32-14-16;13-15-16(14,11-7-3-1-4-8-11)12-9-5-2-6-10-12/h6,9,11-15H,4-5,7-8,10,25H2,1-3H3;6,9,11-15,25H,4-5,7-8,10H2,1-3H3;1-10H,13H2. The van der Waals surface area contributed by atoms with Crippen LogP contribution in [-0.2, 0) is 31.6 Å². The summed E-state index contributed by atoms with van der Waals surface area (Å²) < 4.78 is 29.7. The Labute approximate surface area is 478 Å². The molecule has 81 heavy (non-hydrogen) atoms. The van der Waals surface area contributed by atoms with Gasteiger partial charge < -0.3 is 39.9 Å². The predicted octanol–water partition coefficient (Wildman–Crippen LogP) is 8.20. The van der Waals surface area contributed by atoms with Crippen LogP contribution in [0, 0.1) is 11.8 Å². The number of fused-ring (bicyclic) bond motifs is 2. The summed E-state index contributed by atoms with van der Waals surface area (Å²) in [6.07, 6.45) is 8.80. The van der Waals surface area contributed by atoms with Crippen molar-refractivity contribution in [2.24, 2.45) is 17.7 Å². The number of H-pyrrole nitrogens is 1. The summed E-state index contributed by atoms with van der Waals surface area (Å²) >= 11 is 3.42. The maximum Gasteiger partial charge on any atom is 0.294 e. The summed E-state index contributed by atoms with van der Waals surface area (Å²) in [5, 5.41) is 10.8. The molecule has 21 heteroatoms. The van der Waals surface area contributed by atoms with Gasteiger partial charge in [0.15, 0.2) is 0 Å².